The number of halogens is 1. The van der Waals surface area contributed by atoms with Gasteiger partial charge in [-0.05, 0) is 56.5 Å². The molecule has 0 aliphatic carbocycles. The van der Waals surface area contributed by atoms with E-state index in [1.54, 1.807) is 26.2 Å². The summed E-state index contributed by atoms with van der Waals surface area (Å²) in [6, 6.07) is 11.0. The molecule has 0 spiro atoms. The van der Waals surface area contributed by atoms with Gasteiger partial charge in [-0.3, -0.25) is 0 Å². The molecule has 120 valence electrons. The number of fused-ring (bicyclic) bond motifs is 1. The molecule has 0 bridgehead atoms. The van der Waals surface area contributed by atoms with Gasteiger partial charge in [0.25, 0.3) is 0 Å². The summed E-state index contributed by atoms with van der Waals surface area (Å²) < 4.78 is 16.2. The Kier molecular flexibility index (Phi) is 3.94. The molecule has 0 amide bonds. The maximum atomic E-state index is 14.2. The van der Waals surface area contributed by atoms with Gasteiger partial charge in [-0.2, -0.15) is 0 Å². The van der Waals surface area contributed by atoms with Crippen LogP contribution in [0, 0.1) is 12.7 Å². The zero-order valence-corrected chi connectivity index (χ0v) is 13.7. The van der Waals surface area contributed by atoms with Crippen molar-refractivity contribution in [3.8, 4) is 11.1 Å². The summed E-state index contributed by atoms with van der Waals surface area (Å²) >= 11 is 0. The predicted octanol–water partition coefficient (Wildman–Crippen LogP) is 4.31. The van der Waals surface area contributed by atoms with Gasteiger partial charge in [-0.15, -0.1) is 0 Å². The molecule has 0 aliphatic rings. The van der Waals surface area contributed by atoms with Crippen LogP contribution in [0.2, 0.25) is 0 Å². The fraction of sp³-hybridized carbons (Fsp3) is 0.316. The molecule has 0 saturated heterocycles. The third-order valence-corrected chi connectivity index (χ3v) is 4.02. The number of benzene rings is 2. The average Bonchev–Trinajstić information content (AvgIpc) is 2.86. The van der Waals surface area contributed by atoms with E-state index in [-0.39, 0.29) is 5.82 Å². The van der Waals surface area contributed by atoms with E-state index in [9.17, 15) is 9.50 Å². The maximum absolute atomic E-state index is 14.2. The van der Waals surface area contributed by atoms with E-state index < -0.39 is 5.60 Å². The van der Waals surface area contributed by atoms with Gasteiger partial charge in [0, 0.05) is 12.1 Å². The lowest BCUT2D eigenvalue weighted by Crippen LogP contribution is -2.20. The van der Waals surface area contributed by atoms with Crippen LogP contribution < -0.4 is 0 Å². The van der Waals surface area contributed by atoms with E-state index >= 15 is 0 Å². The van der Waals surface area contributed by atoms with Crippen LogP contribution >= 0.6 is 0 Å². The van der Waals surface area contributed by atoms with Gasteiger partial charge in [0.15, 0.2) is 0 Å². The lowest BCUT2D eigenvalue weighted by atomic mass is 10.0. The molecule has 0 unspecified atom stereocenters. The molecular weight excluding hydrogens is 291 g/mol. The van der Waals surface area contributed by atoms with Crippen LogP contribution in [0.5, 0.6) is 0 Å². The predicted molar refractivity (Wildman–Crippen MR) is 90.8 cm³/mol. The van der Waals surface area contributed by atoms with Crippen LogP contribution in [0.4, 0.5) is 4.39 Å². The van der Waals surface area contributed by atoms with Crippen LogP contribution in [-0.4, -0.2) is 20.3 Å². The highest BCUT2D eigenvalue weighted by molar-refractivity contribution is 5.82. The Balaban J connectivity index is 2.00. The molecule has 3 rings (SSSR count). The van der Waals surface area contributed by atoms with Gasteiger partial charge in [0.2, 0.25) is 0 Å². The Bertz CT molecular complexity index is 846. The molecule has 2 aromatic carbocycles. The summed E-state index contributed by atoms with van der Waals surface area (Å²) in [5.74, 6) is -0.216. The minimum atomic E-state index is -0.725. The smallest absolute Gasteiger partial charge is 0.131 e. The van der Waals surface area contributed by atoms with Crippen molar-refractivity contribution in [1.29, 1.82) is 0 Å². The molecule has 1 aromatic heterocycles. The van der Waals surface area contributed by atoms with Gasteiger partial charge in [-0.1, -0.05) is 18.2 Å². The minimum Gasteiger partial charge on any atom is -0.390 e. The largest absolute Gasteiger partial charge is 0.390 e. The van der Waals surface area contributed by atoms with Crippen LogP contribution in [-0.2, 0) is 6.54 Å². The molecule has 0 radical (unpaired) electrons. The number of rotatable bonds is 4. The number of aliphatic hydroxyl groups is 1. The second-order valence-corrected chi connectivity index (χ2v) is 6.69. The number of aromatic nitrogens is 2. The lowest BCUT2D eigenvalue weighted by Gasteiger charge is -2.17. The van der Waals surface area contributed by atoms with Gasteiger partial charge in [0.1, 0.15) is 5.82 Å². The van der Waals surface area contributed by atoms with Crippen molar-refractivity contribution in [2.75, 3.05) is 0 Å². The molecule has 0 saturated carbocycles. The summed E-state index contributed by atoms with van der Waals surface area (Å²) in [6.07, 6.45) is 2.40. The van der Waals surface area contributed by atoms with Gasteiger partial charge in [-0.25, -0.2) is 9.37 Å². The number of aryl methyl sites for hydroxylation is 2. The Morgan fingerprint density at radius 1 is 1.17 bits per heavy atom. The number of hydrogen-bond acceptors (Lipinski definition) is 2. The summed E-state index contributed by atoms with van der Waals surface area (Å²) in [6.45, 7) is 6.13. The maximum Gasteiger partial charge on any atom is 0.131 e. The molecule has 0 aliphatic heterocycles. The van der Waals surface area contributed by atoms with Crippen LogP contribution in [0.15, 0.2) is 42.7 Å². The molecule has 4 heteroatoms. The van der Waals surface area contributed by atoms with Gasteiger partial charge in [0.05, 0.1) is 23.0 Å². The Hall–Kier alpha value is -2.20. The highest BCUT2D eigenvalue weighted by Crippen LogP contribution is 2.27. The number of hydrogen-bond donors (Lipinski definition) is 1. The third kappa shape index (κ3) is 3.42. The van der Waals surface area contributed by atoms with Crippen molar-refractivity contribution in [3.05, 3.63) is 54.1 Å². The Morgan fingerprint density at radius 2 is 1.96 bits per heavy atom. The second-order valence-electron chi connectivity index (χ2n) is 6.69. The van der Waals surface area contributed by atoms with Crippen molar-refractivity contribution in [1.82, 2.24) is 9.55 Å². The normalized spacial score (nSPS) is 12.0. The van der Waals surface area contributed by atoms with E-state index in [1.165, 1.54) is 0 Å². The van der Waals surface area contributed by atoms with Crippen molar-refractivity contribution in [3.63, 3.8) is 0 Å². The van der Waals surface area contributed by atoms with E-state index in [0.29, 0.717) is 18.5 Å². The van der Waals surface area contributed by atoms with Crippen molar-refractivity contribution < 1.29 is 9.50 Å². The zero-order valence-electron chi connectivity index (χ0n) is 13.7. The molecule has 1 N–H and O–H groups in total. The first-order valence-corrected chi connectivity index (χ1v) is 7.77. The fourth-order valence-corrected chi connectivity index (χ4v) is 2.65. The highest BCUT2D eigenvalue weighted by Gasteiger charge is 2.14. The van der Waals surface area contributed by atoms with Gasteiger partial charge >= 0.3 is 0 Å². The summed E-state index contributed by atoms with van der Waals surface area (Å²) in [7, 11) is 0. The van der Waals surface area contributed by atoms with Crippen LogP contribution in [0.3, 0.4) is 0 Å². The molecule has 0 atom stereocenters. The first-order valence-electron chi connectivity index (χ1n) is 7.77. The first kappa shape index (κ1) is 15.7. The number of nitrogens with zero attached hydrogens (tertiary/aromatic N) is 2. The van der Waals surface area contributed by atoms with E-state index in [4.69, 9.17) is 0 Å². The monoisotopic (exact) mass is 312 g/mol. The second kappa shape index (κ2) is 5.78. The Morgan fingerprint density at radius 3 is 2.65 bits per heavy atom. The molecular formula is C19H21FN2O. The summed E-state index contributed by atoms with van der Waals surface area (Å²) in [4.78, 5) is 4.38. The van der Waals surface area contributed by atoms with Crippen LogP contribution in [0.1, 0.15) is 25.8 Å². The first-order chi connectivity index (χ1) is 10.8. The van der Waals surface area contributed by atoms with Crippen LogP contribution in [0.25, 0.3) is 22.2 Å². The zero-order chi connectivity index (χ0) is 16.6. The average molecular weight is 312 g/mol. The van der Waals surface area contributed by atoms with Crippen molar-refractivity contribution >= 4 is 11.0 Å². The number of imidazole rings is 1. The fourth-order valence-electron chi connectivity index (χ4n) is 2.65. The molecule has 1 heterocycles. The van der Waals surface area contributed by atoms with Gasteiger partial charge < -0.3 is 9.67 Å². The topological polar surface area (TPSA) is 38.0 Å². The Labute approximate surface area is 135 Å². The van der Waals surface area contributed by atoms with E-state index in [2.05, 4.69) is 4.98 Å². The van der Waals surface area contributed by atoms with Crippen molar-refractivity contribution in [2.45, 2.75) is 39.3 Å². The van der Waals surface area contributed by atoms with E-state index in [0.717, 1.165) is 22.2 Å². The summed E-state index contributed by atoms with van der Waals surface area (Å²) in [5.41, 5.74) is 3.43. The quantitative estimate of drug-likeness (QED) is 0.779. The molecule has 3 nitrogen and oxygen atoms in total. The molecule has 0 fully saturated rings. The highest BCUT2D eigenvalue weighted by atomic mass is 19.1. The standard InChI is InChI=1S/C19H21FN2O/c1-13-4-6-15(16(20)10-13)14-5-7-17-18(11-14)22(12-21-17)9-8-19(2,3)23/h4-7,10-12,23H,8-9H2,1-3H3. The third-order valence-electron chi connectivity index (χ3n) is 4.02. The molecule has 3 aromatic rings. The van der Waals surface area contributed by atoms with E-state index in [1.807, 2.05) is 41.8 Å². The molecule has 23 heavy (non-hydrogen) atoms. The lowest BCUT2D eigenvalue weighted by molar-refractivity contribution is 0.0665. The minimum absolute atomic E-state index is 0.216. The summed E-state index contributed by atoms with van der Waals surface area (Å²) in [5, 5.41) is 9.90. The van der Waals surface area contributed by atoms with Crippen molar-refractivity contribution in [2.24, 2.45) is 0 Å². The SMILES string of the molecule is Cc1ccc(-c2ccc3ncn(CCC(C)(C)O)c3c2)c(F)c1.